The summed E-state index contributed by atoms with van der Waals surface area (Å²) in [5.41, 5.74) is 1.02. The van der Waals surface area contributed by atoms with Crippen molar-refractivity contribution in [3.8, 4) is 0 Å². The van der Waals surface area contributed by atoms with E-state index in [-0.39, 0.29) is 18.6 Å². The molecule has 1 N–H and O–H groups in total. The average Bonchev–Trinajstić information content (AvgIpc) is 3.21. The summed E-state index contributed by atoms with van der Waals surface area (Å²) in [6.07, 6.45) is -0.156. The number of ether oxygens (including phenoxy) is 3. The summed E-state index contributed by atoms with van der Waals surface area (Å²) in [5.74, 6) is -0.361. The zero-order valence-electron chi connectivity index (χ0n) is 22.4. The van der Waals surface area contributed by atoms with Crippen LogP contribution in [-0.2, 0) is 38.6 Å². The molecule has 9 heteroatoms. The lowest BCUT2D eigenvalue weighted by Crippen LogP contribution is -2.44. The van der Waals surface area contributed by atoms with Crippen molar-refractivity contribution in [2.75, 3.05) is 13.7 Å². The third-order valence-corrected chi connectivity index (χ3v) is 6.77. The standard InChI is InChI=1S/C27H40N2O6S/c1-18(2)22(29(7)26(32)35-27(4,5)6)15-23(34-19(3)31)25-28-21(16-30)24(36-25)13-14-33-17-20-11-9-8-10-12-20/h8-12,18,22-23,30H,13-17H2,1-7H3/t22-,23-/m1/s1. The molecule has 1 amide bonds. The van der Waals surface area contributed by atoms with Crippen LogP contribution >= 0.6 is 11.3 Å². The number of amides is 1. The van der Waals surface area contributed by atoms with E-state index >= 15 is 0 Å². The smallest absolute Gasteiger partial charge is 0.410 e. The molecule has 0 unspecified atom stereocenters. The summed E-state index contributed by atoms with van der Waals surface area (Å²) < 4.78 is 17.0. The number of nitrogens with zero attached hydrogens (tertiary/aromatic N) is 2. The van der Waals surface area contributed by atoms with E-state index < -0.39 is 23.8 Å². The third kappa shape index (κ3) is 9.52. The molecule has 0 aliphatic rings. The van der Waals surface area contributed by atoms with Crippen LogP contribution in [0.3, 0.4) is 0 Å². The molecule has 1 heterocycles. The zero-order chi connectivity index (χ0) is 26.9. The minimum absolute atomic E-state index is 0.0729. The van der Waals surface area contributed by atoms with Crippen molar-refractivity contribution in [2.24, 2.45) is 5.92 Å². The number of esters is 1. The van der Waals surface area contributed by atoms with Crippen molar-refractivity contribution in [1.29, 1.82) is 0 Å². The van der Waals surface area contributed by atoms with E-state index in [0.29, 0.717) is 36.8 Å². The van der Waals surface area contributed by atoms with Gasteiger partial charge in [0, 0.05) is 37.7 Å². The summed E-state index contributed by atoms with van der Waals surface area (Å²) in [7, 11) is 1.69. The van der Waals surface area contributed by atoms with Gasteiger partial charge in [-0.05, 0) is 32.3 Å². The number of carbonyl (C=O) groups is 2. The Hall–Kier alpha value is -2.49. The summed E-state index contributed by atoms with van der Waals surface area (Å²) in [4.78, 5) is 31.7. The molecule has 0 aliphatic carbocycles. The Bertz CT molecular complexity index is 970. The van der Waals surface area contributed by atoms with Gasteiger partial charge >= 0.3 is 12.1 Å². The van der Waals surface area contributed by atoms with E-state index in [1.807, 2.05) is 65.0 Å². The topological polar surface area (TPSA) is 98.2 Å². The molecular weight excluding hydrogens is 480 g/mol. The largest absolute Gasteiger partial charge is 0.455 e. The minimum atomic E-state index is -0.658. The molecule has 2 rings (SSSR count). The predicted octanol–water partition coefficient (Wildman–Crippen LogP) is 5.28. The van der Waals surface area contributed by atoms with Gasteiger partial charge in [-0.2, -0.15) is 0 Å². The molecule has 200 valence electrons. The van der Waals surface area contributed by atoms with Crippen LogP contribution in [0, 0.1) is 5.92 Å². The summed E-state index contributed by atoms with van der Waals surface area (Å²) in [6, 6.07) is 9.66. The molecule has 0 radical (unpaired) electrons. The molecule has 0 saturated carbocycles. The highest BCUT2D eigenvalue weighted by Gasteiger charge is 2.32. The van der Waals surface area contributed by atoms with Crippen LogP contribution in [0.2, 0.25) is 0 Å². The summed E-state index contributed by atoms with van der Waals surface area (Å²) in [6.45, 7) is 11.6. The lowest BCUT2D eigenvalue weighted by Gasteiger charge is -2.34. The highest BCUT2D eigenvalue weighted by Crippen LogP contribution is 2.33. The SMILES string of the molecule is CC(=O)O[C@H](C[C@H](C(C)C)N(C)C(=O)OC(C)(C)C)c1nc(CO)c(CCOCc2ccccc2)s1. The van der Waals surface area contributed by atoms with Crippen LogP contribution in [0.1, 0.15) is 75.2 Å². The first-order valence-electron chi connectivity index (χ1n) is 12.2. The first-order valence-corrected chi connectivity index (χ1v) is 13.1. The van der Waals surface area contributed by atoms with Gasteiger partial charge in [0.1, 0.15) is 10.6 Å². The van der Waals surface area contributed by atoms with Gasteiger partial charge in [-0.25, -0.2) is 9.78 Å². The first-order chi connectivity index (χ1) is 16.9. The molecule has 2 aromatic rings. The van der Waals surface area contributed by atoms with Crippen LogP contribution in [-0.4, -0.2) is 52.4 Å². The van der Waals surface area contributed by atoms with Crippen molar-refractivity contribution >= 4 is 23.4 Å². The number of hydrogen-bond acceptors (Lipinski definition) is 8. The Balaban J connectivity index is 2.16. The number of aromatic nitrogens is 1. The summed E-state index contributed by atoms with van der Waals surface area (Å²) in [5, 5.41) is 10.5. The Kier molecular flexibility index (Phi) is 11.3. The van der Waals surface area contributed by atoms with Crippen molar-refractivity contribution < 1.29 is 28.9 Å². The van der Waals surface area contributed by atoms with Crippen LogP contribution in [0.25, 0.3) is 0 Å². The molecule has 0 fully saturated rings. The maximum Gasteiger partial charge on any atom is 0.410 e. The van der Waals surface area contributed by atoms with Gasteiger partial charge in [0.05, 0.1) is 25.5 Å². The normalized spacial score (nSPS) is 13.4. The second-order valence-corrected chi connectivity index (χ2v) is 11.2. The van der Waals surface area contributed by atoms with Crippen molar-refractivity contribution in [3.05, 3.63) is 51.5 Å². The molecule has 8 nitrogen and oxygen atoms in total. The van der Waals surface area contributed by atoms with Gasteiger partial charge in [-0.1, -0.05) is 44.2 Å². The maximum atomic E-state index is 12.7. The predicted molar refractivity (Wildman–Crippen MR) is 140 cm³/mol. The Labute approximate surface area is 218 Å². The van der Waals surface area contributed by atoms with Crippen molar-refractivity contribution in [2.45, 2.75) is 85.3 Å². The Morgan fingerprint density at radius 2 is 1.83 bits per heavy atom. The number of thiazole rings is 1. The fourth-order valence-corrected chi connectivity index (χ4v) is 4.85. The number of rotatable bonds is 12. The molecule has 1 aromatic heterocycles. The fraction of sp³-hybridized carbons (Fsp3) is 0.593. The van der Waals surface area contributed by atoms with E-state index in [4.69, 9.17) is 14.2 Å². The highest BCUT2D eigenvalue weighted by atomic mass is 32.1. The van der Waals surface area contributed by atoms with Gasteiger partial charge < -0.3 is 24.2 Å². The lowest BCUT2D eigenvalue weighted by molar-refractivity contribution is -0.147. The first kappa shape index (κ1) is 29.7. The van der Waals surface area contributed by atoms with Crippen molar-refractivity contribution in [3.63, 3.8) is 0 Å². The van der Waals surface area contributed by atoms with E-state index in [0.717, 1.165) is 10.4 Å². The number of aliphatic hydroxyl groups is 1. The number of aliphatic hydroxyl groups excluding tert-OH is 1. The number of carbonyl (C=O) groups excluding carboxylic acids is 2. The number of hydrogen-bond donors (Lipinski definition) is 1. The molecule has 36 heavy (non-hydrogen) atoms. The lowest BCUT2D eigenvalue weighted by atomic mass is 9.96. The Morgan fingerprint density at radius 1 is 1.17 bits per heavy atom. The van der Waals surface area contributed by atoms with Gasteiger partial charge in [-0.15, -0.1) is 11.3 Å². The second kappa shape index (κ2) is 13.7. The molecule has 0 aliphatic heterocycles. The van der Waals surface area contributed by atoms with Crippen LogP contribution in [0.5, 0.6) is 0 Å². The quantitative estimate of drug-likeness (QED) is 0.300. The average molecular weight is 521 g/mol. The van der Waals surface area contributed by atoms with Crippen LogP contribution < -0.4 is 0 Å². The summed E-state index contributed by atoms with van der Waals surface area (Å²) >= 11 is 1.40. The molecule has 0 spiro atoms. The molecule has 1 aromatic carbocycles. The van der Waals surface area contributed by atoms with E-state index in [2.05, 4.69) is 4.98 Å². The molecular formula is C27H40N2O6S. The van der Waals surface area contributed by atoms with Gasteiger partial charge in [0.15, 0.2) is 6.10 Å². The van der Waals surface area contributed by atoms with E-state index in [1.165, 1.54) is 18.3 Å². The molecule has 2 atom stereocenters. The molecule has 0 saturated heterocycles. The Morgan fingerprint density at radius 3 is 2.39 bits per heavy atom. The van der Waals surface area contributed by atoms with Crippen LogP contribution in [0.4, 0.5) is 4.79 Å². The maximum absolute atomic E-state index is 12.7. The number of benzene rings is 1. The third-order valence-electron chi connectivity index (χ3n) is 5.52. The second-order valence-electron chi connectivity index (χ2n) is 10.1. The zero-order valence-corrected chi connectivity index (χ0v) is 23.3. The highest BCUT2D eigenvalue weighted by molar-refractivity contribution is 7.11. The monoisotopic (exact) mass is 520 g/mol. The van der Waals surface area contributed by atoms with E-state index in [1.54, 1.807) is 11.9 Å². The minimum Gasteiger partial charge on any atom is -0.455 e. The van der Waals surface area contributed by atoms with Gasteiger partial charge in [0.25, 0.3) is 0 Å². The van der Waals surface area contributed by atoms with Gasteiger partial charge in [0.2, 0.25) is 0 Å². The molecule has 0 bridgehead atoms. The van der Waals surface area contributed by atoms with Crippen LogP contribution in [0.15, 0.2) is 30.3 Å². The van der Waals surface area contributed by atoms with Gasteiger partial charge in [-0.3, -0.25) is 4.79 Å². The van der Waals surface area contributed by atoms with Crippen molar-refractivity contribution in [1.82, 2.24) is 9.88 Å². The van der Waals surface area contributed by atoms with E-state index in [9.17, 15) is 14.7 Å². The fourth-order valence-electron chi connectivity index (χ4n) is 3.75.